The van der Waals surface area contributed by atoms with Gasteiger partial charge < -0.3 is 14.5 Å². The molecule has 2 aliphatic rings. The minimum Gasteiger partial charge on any atom is -0.459 e. The average molecular weight is 400 g/mol. The summed E-state index contributed by atoms with van der Waals surface area (Å²) in [7, 11) is -3.19. The van der Waals surface area contributed by atoms with Crippen molar-refractivity contribution in [3.63, 3.8) is 0 Å². The lowest BCUT2D eigenvalue weighted by atomic mass is 9.99. The molecule has 2 aliphatic heterocycles. The van der Waals surface area contributed by atoms with Crippen LogP contribution in [0.25, 0.3) is 0 Å². The number of ether oxygens (including phenoxy) is 1. The van der Waals surface area contributed by atoms with Gasteiger partial charge in [0.15, 0.2) is 5.76 Å². The summed E-state index contributed by atoms with van der Waals surface area (Å²) in [6.07, 6.45) is 6.44. The van der Waals surface area contributed by atoms with E-state index in [1.54, 1.807) is 16.4 Å². The molecule has 0 bridgehead atoms. The van der Waals surface area contributed by atoms with E-state index in [-0.39, 0.29) is 11.9 Å². The molecule has 8 nitrogen and oxygen atoms in total. The molecule has 0 spiro atoms. The fourth-order valence-corrected chi connectivity index (χ4v) is 4.87. The molecule has 1 atom stereocenters. The summed E-state index contributed by atoms with van der Waals surface area (Å²) in [6, 6.07) is 3.84. The van der Waals surface area contributed by atoms with E-state index in [4.69, 9.17) is 9.15 Å². The zero-order valence-corrected chi connectivity index (χ0v) is 16.6. The minimum absolute atomic E-state index is 0.164. The molecular formula is C18H29N3O5S. The van der Waals surface area contributed by atoms with Crippen LogP contribution in [0.5, 0.6) is 0 Å². The van der Waals surface area contributed by atoms with Gasteiger partial charge in [0.05, 0.1) is 12.5 Å². The van der Waals surface area contributed by atoms with E-state index in [2.05, 4.69) is 10.2 Å². The second-order valence-electron chi connectivity index (χ2n) is 7.23. The number of sulfonamides is 1. The van der Waals surface area contributed by atoms with Crippen molar-refractivity contribution >= 4 is 15.9 Å². The van der Waals surface area contributed by atoms with E-state index in [1.807, 2.05) is 0 Å². The minimum atomic E-state index is -3.19. The Morgan fingerprint density at radius 3 is 2.74 bits per heavy atom. The number of hydrogen-bond acceptors (Lipinski definition) is 6. The van der Waals surface area contributed by atoms with Crippen molar-refractivity contribution < 1.29 is 22.4 Å². The van der Waals surface area contributed by atoms with Gasteiger partial charge in [0.25, 0.3) is 5.91 Å². The van der Waals surface area contributed by atoms with E-state index in [0.717, 1.165) is 38.9 Å². The van der Waals surface area contributed by atoms with Gasteiger partial charge >= 0.3 is 0 Å². The number of rotatable bonds is 7. The van der Waals surface area contributed by atoms with Crippen LogP contribution in [0.15, 0.2) is 22.8 Å². The van der Waals surface area contributed by atoms with Crippen LogP contribution in [-0.2, 0) is 14.8 Å². The zero-order chi connectivity index (χ0) is 19.3. The van der Waals surface area contributed by atoms with Crippen molar-refractivity contribution in [3.05, 3.63) is 24.2 Å². The summed E-state index contributed by atoms with van der Waals surface area (Å²) in [4.78, 5) is 14.5. The summed E-state index contributed by atoms with van der Waals surface area (Å²) >= 11 is 0. The topological polar surface area (TPSA) is 92.1 Å². The molecular weight excluding hydrogens is 370 g/mol. The highest BCUT2D eigenvalue weighted by Crippen LogP contribution is 2.24. The van der Waals surface area contributed by atoms with Crippen molar-refractivity contribution in [3.8, 4) is 0 Å². The van der Waals surface area contributed by atoms with E-state index < -0.39 is 10.0 Å². The number of furan rings is 1. The molecule has 3 rings (SSSR count). The van der Waals surface area contributed by atoms with Crippen LogP contribution in [0.2, 0.25) is 0 Å². The van der Waals surface area contributed by atoms with Gasteiger partial charge in [-0.15, -0.1) is 0 Å². The maximum Gasteiger partial charge on any atom is 0.287 e. The number of nitrogens with one attached hydrogen (secondary N) is 1. The molecule has 1 aromatic heterocycles. The van der Waals surface area contributed by atoms with E-state index >= 15 is 0 Å². The smallest absolute Gasteiger partial charge is 0.287 e. The molecule has 0 radical (unpaired) electrons. The van der Waals surface area contributed by atoms with Crippen molar-refractivity contribution in [2.45, 2.75) is 37.8 Å². The first-order valence-electron chi connectivity index (χ1n) is 9.55. The molecule has 1 unspecified atom stereocenters. The van der Waals surface area contributed by atoms with Gasteiger partial charge in [-0.3, -0.25) is 9.69 Å². The first-order chi connectivity index (χ1) is 12.9. The predicted molar refractivity (Wildman–Crippen MR) is 101 cm³/mol. The van der Waals surface area contributed by atoms with E-state index in [1.165, 1.54) is 12.5 Å². The molecule has 0 saturated carbocycles. The van der Waals surface area contributed by atoms with Gasteiger partial charge in [-0.1, -0.05) is 0 Å². The molecule has 152 valence electrons. The number of amides is 1. The Hall–Kier alpha value is -1.42. The Labute approximate surface area is 160 Å². The van der Waals surface area contributed by atoms with Crippen LogP contribution < -0.4 is 5.32 Å². The van der Waals surface area contributed by atoms with E-state index in [9.17, 15) is 13.2 Å². The van der Waals surface area contributed by atoms with Crippen LogP contribution in [0.4, 0.5) is 0 Å². The highest BCUT2D eigenvalue weighted by molar-refractivity contribution is 7.88. The molecule has 1 N–H and O–H groups in total. The van der Waals surface area contributed by atoms with Crippen molar-refractivity contribution in [2.75, 3.05) is 45.6 Å². The van der Waals surface area contributed by atoms with Crippen LogP contribution in [-0.4, -0.2) is 81.3 Å². The summed E-state index contributed by atoms with van der Waals surface area (Å²) in [6.45, 7) is 3.73. The van der Waals surface area contributed by atoms with Crippen LogP contribution in [0.3, 0.4) is 0 Å². The quantitative estimate of drug-likeness (QED) is 0.733. The van der Waals surface area contributed by atoms with Gasteiger partial charge in [0.1, 0.15) is 0 Å². The Balaban J connectivity index is 1.62. The third-order valence-electron chi connectivity index (χ3n) is 5.36. The lowest BCUT2D eigenvalue weighted by Gasteiger charge is -2.43. The molecule has 27 heavy (non-hydrogen) atoms. The molecule has 0 aliphatic carbocycles. The summed E-state index contributed by atoms with van der Waals surface area (Å²) < 4.78 is 36.2. The lowest BCUT2D eigenvalue weighted by Crippen LogP contribution is -2.55. The third kappa shape index (κ3) is 5.54. The fourth-order valence-electron chi connectivity index (χ4n) is 3.97. The number of carbonyl (C=O) groups excluding carboxylic acids is 1. The van der Waals surface area contributed by atoms with Crippen LogP contribution in [0, 0.1) is 0 Å². The maximum atomic E-state index is 12.1. The lowest BCUT2D eigenvalue weighted by molar-refractivity contribution is 0.00670. The van der Waals surface area contributed by atoms with Crippen molar-refractivity contribution in [2.24, 2.45) is 0 Å². The van der Waals surface area contributed by atoms with Gasteiger partial charge in [0, 0.05) is 51.5 Å². The highest BCUT2D eigenvalue weighted by atomic mass is 32.2. The second kappa shape index (κ2) is 9.18. The Morgan fingerprint density at radius 1 is 1.30 bits per heavy atom. The third-order valence-corrected chi connectivity index (χ3v) is 6.63. The first kappa shape index (κ1) is 20.3. The number of piperidine rings is 1. The van der Waals surface area contributed by atoms with Crippen LogP contribution >= 0.6 is 0 Å². The Kier molecular flexibility index (Phi) is 6.91. The fraction of sp³-hybridized carbons (Fsp3) is 0.722. The number of hydrogen-bond donors (Lipinski definition) is 1. The van der Waals surface area contributed by atoms with Crippen molar-refractivity contribution in [1.82, 2.24) is 14.5 Å². The molecule has 9 heteroatoms. The van der Waals surface area contributed by atoms with Gasteiger partial charge in [-0.05, 0) is 37.8 Å². The van der Waals surface area contributed by atoms with Gasteiger partial charge in [-0.25, -0.2) is 12.7 Å². The highest BCUT2D eigenvalue weighted by Gasteiger charge is 2.33. The number of carbonyl (C=O) groups is 1. The first-order valence-corrected chi connectivity index (χ1v) is 11.4. The average Bonchev–Trinajstić information content (AvgIpc) is 3.20. The van der Waals surface area contributed by atoms with Gasteiger partial charge in [-0.2, -0.15) is 0 Å². The monoisotopic (exact) mass is 399 g/mol. The predicted octanol–water partition coefficient (Wildman–Crippen LogP) is 0.914. The summed E-state index contributed by atoms with van der Waals surface area (Å²) in [5.74, 6) is 0.0712. The molecule has 0 aromatic carbocycles. The molecule has 1 amide bonds. The molecule has 3 heterocycles. The Morgan fingerprint density at radius 2 is 2.07 bits per heavy atom. The maximum absolute atomic E-state index is 12.1. The molecule has 2 saturated heterocycles. The van der Waals surface area contributed by atoms with Crippen LogP contribution in [0.1, 0.15) is 36.2 Å². The van der Waals surface area contributed by atoms with E-state index in [0.29, 0.717) is 38.0 Å². The second-order valence-corrected chi connectivity index (χ2v) is 9.21. The standard InChI is InChI=1S/C18H29N3O5S/c1-27(23,24)20-9-2-4-16(14-20)21(15-6-12-25-13-7-15)10-8-19-18(22)17-5-3-11-26-17/h3,5,11,15-16H,2,4,6-10,12-14H2,1H3,(H,19,22). The normalized spacial score (nSPS) is 22.8. The molecule has 2 fully saturated rings. The Bertz CT molecular complexity index is 701. The largest absolute Gasteiger partial charge is 0.459 e. The van der Waals surface area contributed by atoms with Gasteiger partial charge in [0.2, 0.25) is 10.0 Å². The molecule has 1 aromatic rings. The zero-order valence-electron chi connectivity index (χ0n) is 15.8. The van der Waals surface area contributed by atoms with Crippen molar-refractivity contribution in [1.29, 1.82) is 0 Å². The SMILES string of the molecule is CS(=O)(=O)N1CCCC(N(CCNC(=O)c2ccco2)C2CCOCC2)C1. The summed E-state index contributed by atoms with van der Waals surface area (Å²) in [5, 5.41) is 2.90. The summed E-state index contributed by atoms with van der Waals surface area (Å²) in [5.41, 5.74) is 0. The number of nitrogens with zero attached hydrogens (tertiary/aromatic N) is 2.